The van der Waals surface area contributed by atoms with Crippen LogP contribution in [0, 0.1) is 0 Å². The summed E-state index contributed by atoms with van der Waals surface area (Å²) in [5.41, 5.74) is 8.36. The van der Waals surface area contributed by atoms with Gasteiger partial charge in [-0.1, -0.05) is 44.5 Å². The fraction of sp³-hybridized carbons (Fsp3) is 0.438. The molecule has 0 amide bonds. The number of nitrogens with zero attached hydrogens (tertiary/aromatic N) is 1. The van der Waals surface area contributed by atoms with Gasteiger partial charge < -0.3 is 5.73 Å². The van der Waals surface area contributed by atoms with E-state index in [9.17, 15) is 0 Å². The van der Waals surface area contributed by atoms with Crippen LogP contribution in [0.25, 0.3) is 0 Å². The first-order chi connectivity index (χ1) is 9.18. The second kappa shape index (κ2) is 5.47. The fourth-order valence-corrected chi connectivity index (χ4v) is 3.23. The minimum Gasteiger partial charge on any atom is -0.319 e. The van der Waals surface area contributed by atoms with Crippen molar-refractivity contribution in [3.8, 4) is 0 Å². The Morgan fingerprint density at radius 3 is 2.25 bits per heavy atom. The zero-order valence-electron chi connectivity index (χ0n) is 12.4. The first kappa shape index (κ1) is 15.5. The average Bonchev–Trinajstić information content (AvgIpc) is 2.82. The normalized spacial score (nSPS) is 15.1. The molecule has 2 rings (SSSR count). The number of rotatable bonds is 3. The standard InChI is InChI=1S/C16H21ClN2S/c1-15(2,3)13-10-20-14(19-13)16(4,18)9-11-5-7-12(17)8-6-11/h5-8,10H,9,18H2,1-4H3. The first-order valence-corrected chi connectivity index (χ1v) is 7.94. The third kappa shape index (κ3) is 3.60. The minimum absolute atomic E-state index is 0.0606. The topological polar surface area (TPSA) is 38.9 Å². The van der Waals surface area contributed by atoms with Crippen LogP contribution in [0.1, 0.15) is 44.0 Å². The zero-order chi connectivity index (χ0) is 15.0. The number of aromatic nitrogens is 1. The molecule has 0 aliphatic heterocycles. The Morgan fingerprint density at radius 1 is 1.15 bits per heavy atom. The Labute approximate surface area is 130 Å². The second-order valence-corrected chi connectivity index (χ2v) is 7.80. The Balaban J connectivity index is 2.21. The van der Waals surface area contributed by atoms with Crippen molar-refractivity contribution >= 4 is 22.9 Å². The number of thiazole rings is 1. The maximum absolute atomic E-state index is 6.48. The molecule has 4 heteroatoms. The van der Waals surface area contributed by atoms with Gasteiger partial charge in [0, 0.05) is 15.8 Å². The summed E-state index contributed by atoms with van der Waals surface area (Å²) in [6.45, 7) is 8.53. The molecule has 1 heterocycles. The maximum atomic E-state index is 6.48. The smallest absolute Gasteiger partial charge is 0.113 e. The van der Waals surface area contributed by atoms with E-state index in [1.165, 1.54) is 5.56 Å². The molecule has 1 unspecified atom stereocenters. The van der Waals surface area contributed by atoms with Gasteiger partial charge in [-0.25, -0.2) is 4.98 Å². The van der Waals surface area contributed by atoms with Crippen molar-refractivity contribution in [3.05, 3.63) is 50.9 Å². The third-order valence-electron chi connectivity index (χ3n) is 3.25. The Kier molecular flexibility index (Phi) is 4.24. The van der Waals surface area contributed by atoms with Crippen molar-refractivity contribution in [3.63, 3.8) is 0 Å². The van der Waals surface area contributed by atoms with Crippen molar-refractivity contribution in [1.29, 1.82) is 0 Å². The molecule has 0 bridgehead atoms. The van der Waals surface area contributed by atoms with Gasteiger partial charge in [-0.15, -0.1) is 11.3 Å². The minimum atomic E-state index is -0.456. The number of hydrogen-bond donors (Lipinski definition) is 1. The largest absolute Gasteiger partial charge is 0.319 e. The highest BCUT2D eigenvalue weighted by Crippen LogP contribution is 2.30. The van der Waals surface area contributed by atoms with Crippen LogP contribution in [-0.4, -0.2) is 4.98 Å². The molecular formula is C16H21ClN2S. The molecule has 0 aliphatic rings. The summed E-state index contributed by atoms with van der Waals surface area (Å²) < 4.78 is 0. The quantitative estimate of drug-likeness (QED) is 0.906. The van der Waals surface area contributed by atoms with Gasteiger partial charge >= 0.3 is 0 Å². The molecule has 1 aromatic carbocycles. The van der Waals surface area contributed by atoms with E-state index in [0.29, 0.717) is 0 Å². The number of nitrogens with two attached hydrogens (primary N) is 1. The molecule has 0 saturated heterocycles. The van der Waals surface area contributed by atoms with E-state index < -0.39 is 5.54 Å². The molecule has 0 fully saturated rings. The molecule has 2 nitrogen and oxygen atoms in total. The van der Waals surface area contributed by atoms with Crippen molar-refractivity contribution in [2.45, 2.75) is 45.1 Å². The fourth-order valence-electron chi connectivity index (χ4n) is 1.98. The molecule has 2 N–H and O–H groups in total. The van der Waals surface area contributed by atoms with Crippen molar-refractivity contribution in [2.75, 3.05) is 0 Å². The van der Waals surface area contributed by atoms with E-state index in [-0.39, 0.29) is 5.41 Å². The molecule has 2 aromatic rings. The summed E-state index contributed by atoms with van der Waals surface area (Å²) in [4.78, 5) is 4.73. The van der Waals surface area contributed by atoms with E-state index in [0.717, 1.165) is 22.1 Å². The average molecular weight is 309 g/mol. The Bertz CT molecular complexity index is 579. The van der Waals surface area contributed by atoms with E-state index in [2.05, 4.69) is 26.2 Å². The molecule has 1 aromatic heterocycles. The zero-order valence-corrected chi connectivity index (χ0v) is 14.0. The van der Waals surface area contributed by atoms with Crippen LogP contribution in [0.2, 0.25) is 5.02 Å². The highest BCUT2D eigenvalue weighted by atomic mass is 35.5. The molecule has 108 valence electrons. The van der Waals surface area contributed by atoms with Crippen LogP contribution in [0.4, 0.5) is 0 Å². The van der Waals surface area contributed by atoms with Gasteiger partial charge in [0.05, 0.1) is 11.2 Å². The highest BCUT2D eigenvalue weighted by molar-refractivity contribution is 7.09. The summed E-state index contributed by atoms with van der Waals surface area (Å²) in [7, 11) is 0. The first-order valence-electron chi connectivity index (χ1n) is 6.68. The SMILES string of the molecule is CC(C)(C)c1csc(C(C)(N)Cc2ccc(Cl)cc2)n1. The van der Waals surface area contributed by atoms with Gasteiger partial charge in [-0.2, -0.15) is 0 Å². The van der Waals surface area contributed by atoms with E-state index in [1.807, 2.05) is 31.2 Å². The van der Waals surface area contributed by atoms with Gasteiger partial charge in [0.15, 0.2) is 0 Å². The van der Waals surface area contributed by atoms with Crippen LogP contribution in [-0.2, 0) is 17.4 Å². The summed E-state index contributed by atoms with van der Waals surface area (Å²) in [5, 5.41) is 3.84. The predicted octanol–water partition coefficient (Wildman–Crippen LogP) is 4.51. The highest BCUT2D eigenvalue weighted by Gasteiger charge is 2.27. The van der Waals surface area contributed by atoms with Gasteiger partial charge in [0.2, 0.25) is 0 Å². The van der Waals surface area contributed by atoms with Crippen molar-refractivity contribution in [1.82, 2.24) is 4.98 Å². The molecule has 1 atom stereocenters. The third-order valence-corrected chi connectivity index (χ3v) is 4.62. The van der Waals surface area contributed by atoms with Gasteiger partial charge in [0.1, 0.15) is 5.01 Å². The van der Waals surface area contributed by atoms with Crippen LogP contribution in [0.5, 0.6) is 0 Å². The molecule has 0 spiro atoms. The van der Waals surface area contributed by atoms with E-state index >= 15 is 0 Å². The van der Waals surface area contributed by atoms with E-state index in [1.54, 1.807) is 11.3 Å². The van der Waals surface area contributed by atoms with Gasteiger partial charge in [-0.3, -0.25) is 0 Å². The van der Waals surface area contributed by atoms with Crippen LogP contribution in [0.3, 0.4) is 0 Å². The predicted molar refractivity (Wildman–Crippen MR) is 87.5 cm³/mol. The lowest BCUT2D eigenvalue weighted by molar-refractivity contribution is 0.480. The Morgan fingerprint density at radius 2 is 1.75 bits per heavy atom. The lowest BCUT2D eigenvalue weighted by Gasteiger charge is -2.22. The number of benzene rings is 1. The lowest BCUT2D eigenvalue weighted by Crippen LogP contribution is -2.35. The second-order valence-electron chi connectivity index (χ2n) is 6.51. The molecule has 20 heavy (non-hydrogen) atoms. The molecule has 0 radical (unpaired) electrons. The number of halogens is 1. The van der Waals surface area contributed by atoms with Crippen molar-refractivity contribution in [2.24, 2.45) is 5.73 Å². The summed E-state index contributed by atoms with van der Waals surface area (Å²) in [5.74, 6) is 0. The molecule has 0 aliphatic carbocycles. The van der Waals surface area contributed by atoms with E-state index in [4.69, 9.17) is 22.3 Å². The summed E-state index contributed by atoms with van der Waals surface area (Å²) in [6.07, 6.45) is 0.751. The maximum Gasteiger partial charge on any atom is 0.113 e. The van der Waals surface area contributed by atoms with Crippen LogP contribution in [0.15, 0.2) is 29.6 Å². The molecular weight excluding hydrogens is 288 g/mol. The summed E-state index contributed by atoms with van der Waals surface area (Å²) in [6, 6.07) is 7.84. The van der Waals surface area contributed by atoms with Gasteiger partial charge in [-0.05, 0) is 31.0 Å². The summed E-state index contributed by atoms with van der Waals surface area (Å²) >= 11 is 7.56. The monoisotopic (exact) mass is 308 g/mol. The van der Waals surface area contributed by atoms with Crippen molar-refractivity contribution < 1.29 is 0 Å². The molecule has 0 saturated carbocycles. The van der Waals surface area contributed by atoms with Gasteiger partial charge in [0.25, 0.3) is 0 Å². The van der Waals surface area contributed by atoms with Crippen LogP contribution < -0.4 is 5.73 Å². The number of hydrogen-bond acceptors (Lipinski definition) is 3. The lowest BCUT2D eigenvalue weighted by atomic mass is 9.92. The Hall–Kier alpha value is -0.900. The van der Waals surface area contributed by atoms with Crippen LogP contribution >= 0.6 is 22.9 Å².